The summed E-state index contributed by atoms with van der Waals surface area (Å²) in [5.74, 6) is -1.07. The van der Waals surface area contributed by atoms with Crippen molar-refractivity contribution in [3.8, 4) is 0 Å². The zero-order chi connectivity index (χ0) is 27.1. The fourth-order valence-corrected chi connectivity index (χ4v) is 4.87. The Kier molecular flexibility index (Phi) is 8.31. The van der Waals surface area contributed by atoms with Gasteiger partial charge in [-0.05, 0) is 61.0 Å². The number of hydrogen-bond acceptors (Lipinski definition) is 7. The van der Waals surface area contributed by atoms with Crippen LogP contribution in [0.15, 0.2) is 71.9 Å². The van der Waals surface area contributed by atoms with Gasteiger partial charge in [0.25, 0.3) is 15.9 Å². The SMILES string of the molecule is CCCCN1CC(C(=O)Nc2ccc(C(=O)Nc3ccc(S(=O)(=O)Nc4ncccn4)cc3)cc2)CC1=O. The molecule has 38 heavy (non-hydrogen) atoms. The number of unbranched alkanes of at least 4 members (excludes halogenated alkanes) is 1. The smallest absolute Gasteiger partial charge is 0.264 e. The molecule has 198 valence electrons. The van der Waals surface area contributed by atoms with Crippen molar-refractivity contribution in [2.45, 2.75) is 31.1 Å². The summed E-state index contributed by atoms with van der Waals surface area (Å²) in [6.07, 6.45) is 4.93. The second-order valence-corrected chi connectivity index (χ2v) is 10.5. The topological polar surface area (TPSA) is 150 Å². The maximum absolute atomic E-state index is 12.6. The van der Waals surface area contributed by atoms with Gasteiger partial charge in [-0.15, -0.1) is 0 Å². The summed E-state index contributed by atoms with van der Waals surface area (Å²) in [4.78, 5) is 46.8. The Morgan fingerprint density at radius 1 is 0.974 bits per heavy atom. The maximum Gasteiger partial charge on any atom is 0.264 e. The lowest BCUT2D eigenvalue weighted by atomic mass is 10.1. The fourth-order valence-electron chi connectivity index (χ4n) is 3.91. The van der Waals surface area contributed by atoms with Crippen LogP contribution in [0.5, 0.6) is 0 Å². The number of hydrogen-bond donors (Lipinski definition) is 3. The number of carbonyl (C=O) groups is 3. The predicted molar refractivity (Wildman–Crippen MR) is 142 cm³/mol. The van der Waals surface area contributed by atoms with Crippen LogP contribution in [-0.2, 0) is 19.6 Å². The molecular formula is C26H28N6O5S. The van der Waals surface area contributed by atoms with Gasteiger partial charge < -0.3 is 15.5 Å². The lowest BCUT2D eigenvalue weighted by Crippen LogP contribution is -2.29. The van der Waals surface area contributed by atoms with E-state index in [1.54, 1.807) is 35.2 Å². The average Bonchev–Trinajstić information content (AvgIpc) is 3.29. The molecular weight excluding hydrogens is 508 g/mol. The van der Waals surface area contributed by atoms with E-state index in [0.29, 0.717) is 30.0 Å². The minimum atomic E-state index is -3.89. The standard InChI is InChI=1S/C26H28N6O5S/c1-2-3-15-32-17-19(16-23(32)33)25(35)30-20-7-5-18(6-8-20)24(34)29-21-9-11-22(12-10-21)38(36,37)31-26-27-13-4-14-28-26/h4-14,19H,2-3,15-17H2,1H3,(H,29,34)(H,30,35)(H,27,28,31). The van der Waals surface area contributed by atoms with Crippen LogP contribution < -0.4 is 15.4 Å². The molecule has 12 heteroatoms. The molecule has 11 nitrogen and oxygen atoms in total. The summed E-state index contributed by atoms with van der Waals surface area (Å²) in [7, 11) is -3.89. The van der Waals surface area contributed by atoms with E-state index < -0.39 is 21.8 Å². The Hall–Kier alpha value is -4.32. The molecule has 0 aliphatic carbocycles. The normalized spacial score (nSPS) is 15.2. The van der Waals surface area contributed by atoms with Gasteiger partial charge in [0.2, 0.25) is 17.8 Å². The Labute approximate surface area is 220 Å². The van der Waals surface area contributed by atoms with Gasteiger partial charge in [-0.1, -0.05) is 13.3 Å². The van der Waals surface area contributed by atoms with Gasteiger partial charge in [0.15, 0.2) is 0 Å². The fraction of sp³-hybridized carbons (Fsp3) is 0.269. The number of likely N-dealkylation sites (tertiary alicyclic amines) is 1. The van der Waals surface area contributed by atoms with Crippen molar-refractivity contribution in [3.63, 3.8) is 0 Å². The van der Waals surface area contributed by atoms with Gasteiger partial charge in [0.1, 0.15) is 0 Å². The van der Waals surface area contributed by atoms with Gasteiger partial charge in [-0.2, -0.15) is 0 Å². The van der Waals surface area contributed by atoms with Crippen LogP contribution in [0.3, 0.4) is 0 Å². The Bertz CT molecular complexity index is 1400. The van der Waals surface area contributed by atoms with Crippen LogP contribution in [0.2, 0.25) is 0 Å². The lowest BCUT2D eigenvalue weighted by molar-refractivity contribution is -0.128. The summed E-state index contributed by atoms with van der Waals surface area (Å²) >= 11 is 0. The largest absolute Gasteiger partial charge is 0.342 e. The second kappa shape index (κ2) is 11.8. The van der Waals surface area contributed by atoms with E-state index in [1.165, 1.54) is 36.7 Å². The monoisotopic (exact) mass is 536 g/mol. The molecule has 0 saturated carbocycles. The summed E-state index contributed by atoms with van der Waals surface area (Å²) in [5, 5.41) is 5.52. The van der Waals surface area contributed by atoms with Gasteiger partial charge in [-0.25, -0.2) is 23.1 Å². The highest BCUT2D eigenvalue weighted by Gasteiger charge is 2.33. The van der Waals surface area contributed by atoms with Crippen LogP contribution in [0.1, 0.15) is 36.5 Å². The van der Waals surface area contributed by atoms with Crippen molar-refractivity contribution in [1.29, 1.82) is 0 Å². The molecule has 3 amide bonds. The highest BCUT2D eigenvalue weighted by molar-refractivity contribution is 7.92. The van der Waals surface area contributed by atoms with E-state index in [4.69, 9.17) is 0 Å². The van der Waals surface area contributed by atoms with Crippen molar-refractivity contribution in [3.05, 3.63) is 72.6 Å². The van der Waals surface area contributed by atoms with E-state index in [-0.39, 0.29) is 29.1 Å². The highest BCUT2D eigenvalue weighted by Crippen LogP contribution is 2.21. The summed E-state index contributed by atoms with van der Waals surface area (Å²) in [6, 6.07) is 13.6. The molecule has 3 N–H and O–H groups in total. The average molecular weight is 537 g/mol. The molecule has 1 aliphatic heterocycles. The van der Waals surface area contributed by atoms with Crippen molar-refractivity contribution in [1.82, 2.24) is 14.9 Å². The quantitative estimate of drug-likeness (QED) is 0.360. The molecule has 0 radical (unpaired) electrons. The van der Waals surface area contributed by atoms with Crippen LogP contribution >= 0.6 is 0 Å². The van der Waals surface area contributed by atoms with E-state index in [0.717, 1.165) is 12.8 Å². The third-order valence-electron chi connectivity index (χ3n) is 6.00. The van der Waals surface area contributed by atoms with Crippen molar-refractivity contribution < 1.29 is 22.8 Å². The Morgan fingerprint density at radius 3 is 2.26 bits per heavy atom. The molecule has 2 heterocycles. The third-order valence-corrected chi connectivity index (χ3v) is 7.34. The number of sulfonamides is 1. The minimum Gasteiger partial charge on any atom is -0.342 e. The van der Waals surface area contributed by atoms with Crippen LogP contribution in [0.4, 0.5) is 17.3 Å². The summed E-state index contributed by atoms with van der Waals surface area (Å²) in [6.45, 7) is 3.14. The number of rotatable bonds is 10. The molecule has 1 saturated heterocycles. The number of aromatic nitrogens is 2. The number of amides is 3. The van der Waals surface area contributed by atoms with Gasteiger partial charge in [0.05, 0.1) is 10.8 Å². The number of carbonyl (C=O) groups excluding carboxylic acids is 3. The molecule has 4 rings (SSSR count). The van der Waals surface area contributed by atoms with Crippen molar-refractivity contribution in [2.75, 3.05) is 28.4 Å². The molecule has 1 atom stereocenters. The van der Waals surface area contributed by atoms with E-state index >= 15 is 0 Å². The van der Waals surface area contributed by atoms with E-state index in [2.05, 4.69) is 32.2 Å². The summed E-state index contributed by atoms with van der Waals surface area (Å²) < 4.78 is 27.3. The molecule has 2 aromatic carbocycles. The number of nitrogens with one attached hydrogen (secondary N) is 3. The molecule has 3 aromatic rings. The maximum atomic E-state index is 12.6. The van der Waals surface area contributed by atoms with Crippen LogP contribution in [0, 0.1) is 5.92 Å². The molecule has 1 unspecified atom stereocenters. The number of anilines is 3. The van der Waals surface area contributed by atoms with E-state index in [1.807, 2.05) is 0 Å². The minimum absolute atomic E-state index is 0.00211. The van der Waals surface area contributed by atoms with Crippen molar-refractivity contribution >= 4 is 45.1 Å². The number of benzene rings is 2. The number of nitrogens with zero attached hydrogens (tertiary/aromatic N) is 3. The molecule has 1 aromatic heterocycles. The molecule has 0 bridgehead atoms. The first kappa shape index (κ1) is 26.7. The first-order valence-corrected chi connectivity index (χ1v) is 13.6. The third kappa shape index (κ3) is 6.71. The van der Waals surface area contributed by atoms with Gasteiger partial charge >= 0.3 is 0 Å². The summed E-state index contributed by atoms with van der Waals surface area (Å²) in [5.41, 5.74) is 1.28. The zero-order valence-corrected chi connectivity index (χ0v) is 21.6. The van der Waals surface area contributed by atoms with Gasteiger partial charge in [0, 0.05) is 48.8 Å². The molecule has 1 fully saturated rings. The second-order valence-electron chi connectivity index (χ2n) is 8.82. The van der Waals surface area contributed by atoms with Crippen LogP contribution in [-0.4, -0.2) is 54.1 Å². The van der Waals surface area contributed by atoms with Gasteiger partial charge in [-0.3, -0.25) is 14.4 Å². The van der Waals surface area contributed by atoms with E-state index in [9.17, 15) is 22.8 Å². The Balaban J connectivity index is 1.31. The van der Waals surface area contributed by atoms with Crippen LogP contribution in [0.25, 0.3) is 0 Å². The molecule has 1 aliphatic rings. The first-order valence-electron chi connectivity index (χ1n) is 12.1. The Morgan fingerprint density at radius 2 is 1.61 bits per heavy atom. The highest BCUT2D eigenvalue weighted by atomic mass is 32.2. The first-order chi connectivity index (χ1) is 18.2. The van der Waals surface area contributed by atoms with Crippen molar-refractivity contribution in [2.24, 2.45) is 5.92 Å². The predicted octanol–water partition coefficient (Wildman–Crippen LogP) is 3.12. The lowest BCUT2D eigenvalue weighted by Gasteiger charge is -2.16. The molecule has 0 spiro atoms. The zero-order valence-electron chi connectivity index (χ0n) is 20.8.